The summed E-state index contributed by atoms with van der Waals surface area (Å²) in [4.78, 5) is 2.09. The molecule has 0 fully saturated rings. The van der Waals surface area contributed by atoms with E-state index < -0.39 is 0 Å². The van der Waals surface area contributed by atoms with Crippen LogP contribution in [-0.2, 0) is 0 Å². The van der Waals surface area contributed by atoms with E-state index in [0.29, 0.717) is 0 Å². The van der Waals surface area contributed by atoms with E-state index in [0.717, 1.165) is 17.7 Å². The molecule has 0 saturated carbocycles. The molecule has 0 saturated heterocycles. The topological polar surface area (TPSA) is 3.24 Å². The summed E-state index contributed by atoms with van der Waals surface area (Å²) < 4.78 is 0.904. The van der Waals surface area contributed by atoms with Crippen molar-refractivity contribution in [1.29, 1.82) is 0 Å². The molecule has 2 nitrogen and oxygen atoms in total. The lowest BCUT2D eigenvalue weighted by molar-refractivity contribution is -0.855. The molecule has 1 aliphatic heterocycles. The molecule has 1 atom stereocenters. The van der Waals surface area contributed by atoms with Gasteiger partial charge in [0.15, 0.2) is 6.67 Å². The monoisotopic (exact) mass is 165 g/mol. The Balaban J connectivity index is 2.59. The molecule has 2 heteroatoms. The van der Waals surface area contributed by atoms with Crippen LogP contribution in [0.1, 0.15) is 6.92 Å². The quantitative estimate of drug-likeness (QED) is 0.456. The van der Waals surface area contributed by atoms with Gasteiger partial charge in [-0.15, -0.1) is 0 Å². The van der Waals surface area contributed by atoms with Crippen LogP contribution in [0.25, 0.3) is 0 Å². The van der Waals surface area contributed by atoms with Gasteiger partial charge in [-0.25, -0.2) is 0 Å². The van der Waals surface area contributed by atoms with Crippen molar-refractivity contribution in [3.05, 3.63) is 37.3 Å². The van der Waals surface area contributed by atoms with Crippen molar-refractivity contribution in [2.45, 2.75) is 6.92 Å². The Bertz CT molecular complexity index is 230. The second-order valence-corrected chi connectivity index (χ2v) is 3.73. The fourth-order valence-corrected chi connectivity index (χ4v) is 1.55. The van der Waals surface area contributed by atoms with Crippen LogP contribution >= 0.6 is 0 Å². The second kappa shape index (κ2) is 3.15. The number of likely N-dealkylation sites (N-methyl/N-ethyl adjacent to an activating group) is 1. The first-order valence-corrected chi connectivity index (χ1v) is 4.12. The van der Waals surface area contributed by atoms with Gasteiger partial charge in [-0.1, -0.05) is 13.2 Å². The summed E-state index contributed by atoms with van der Waals surface area (Å²) in [7, 11) is 2.19. The summed E-state index contributed by atoms with van der Waals surface area (Å²) in [6, 6.07) is 0. The zero-order chi connectivity index (χ0) is 9.19. The Labute approximate surface area is 74.7 Å². The van der Waals surface area contributed by atoms with Crippen molar-refractivity contribution < 1.29 is 4.48 Å². The maximum Gasteiger partial charge on any atom is 0.162 e. The van der Waals surface area contributed by atoms with Gasteiger partial charge in [0.1, 0.15) is 12.7 Å². The fourth-order valence-electron chi connectivity index (χ4n) is 1.55. The highest BCUT2D eigenvalue weighted by atomic mass is 15.5. The van der Waals surface area contributed by atoms with Crippen molar-refractivity contribution in [2.75, 3.05) is 20.3 Å². The zero-order valence-electron chi connectivity index (χ0n) is 7.95. The Kier molecular flexibility index (Phi) is 2.38. The van der Waals surface area contributed by atoms with Gasteiger partial charge in [0.25, 0.3) is 0 Å². The van der Waals surface area contributed by atoms with E-state index in [9.17, 15) is 0 Å². The van der Waals surface area contributed by atoms with Crippen molar-refractivity contribution in [2.24, 2.45) is 0 Å². The zero-order valence-corrected chi connectivity index (χ0v) is 7.95. The van der Waals surface area contributed by atoms with E-state index >= 15 is 0 Å². The minimum atomic E-state index is 0.904. The van der Waals surface area contributed by atoms with E-state index in [1.54, 1.807) is 0 Å². The molecular formula is C10H17N2+. The van der Waals surface area contributed by atoms with Crippen LogP contribution in [0.4, 0.5) is 0 Å². The molecule has 0 amide bonds. The summed E-state index contributed by atoms with van der Waals surface area (Å²) in [6.07, 6.45) is 6.09. The molecule has 1 aliphatic rings. The molecule has 1 heterocycles. The van der Waals surface area contributed by atoms with Crippen LogP contribution in [-0.4, -0.2) is 29.6 Å². The number of quaternary nitrogens is 1. The largest absolute Gasteiger partial charge is 0.303 e. The first kappa shape index (κ1) is 9.07. The number of rotatable bonds is 3. The maximum atomic E-state index is 3.92. The Morgan fingerprint density at radius 2 is 2.42 bits per heavy atom. The van der Waals surface area contributed by atoms with Crippen molar-refractivity contribution in [1.82, 2.24) is 4.90 Å². The highest BCUT2D eigenvalue weighted by Gasteiger charge is 2.25. The van der Waals surface area contributed by atoms with Gasteiger partial charge >= 0.3 is 0 Å². The smallest absolute Gasteiger partial charge is 0.162 e. The Morgan fingerprint density at radius 1 is 1.75 bits per heavy atom. The summed E-state index contributed by atoms with van der Waals surface area (Å²) in [5, 5.41) is 0. The van der Waals surface area contributed by atoms with Crippen LogP contribution in [0.3, 0.4) is 0 Å². The molecule has 1 unspecified atom stereocenters. The van der Waals surface area contributed by atoms with E-state index in [4.69, 9.17) is 0 Å². The van der Waals surface area contributed by atoms with Gasteiger partial charge in [0.2, 0.25) is 0 Å². The summed E-state index contributed by atoms with van der Waals surface area (Å²) in [5.41, 5.74) is 1.22. The molecular weight excluding hydrogens is 148 g/mol. The molecule has 0 bridgehead atoms. The van der Waals surface area contributed by atoms with Gasteiger partial charge in [-0.3, -0.25) is 4.48 Å². The molecule has 66 valence electrons. The van der Waals surface area contributed by atoms with Crippen LogP contribution in [0.15, 0.2) is 37.3 Å². The molecule has 0 radical (unpaired) electrons. The molecule has 1 rings (SSSR count). The van der Waals surface area contributed by atoms with Gasteiger partial charge in [-0.05, 0) is 12.5 Å². The number of nitrogens with zero attached hydrogens (tertiary/aromatic N) is 2. The lowest BCUT2D eigenvalue weighted by Crippen LogP contribution is -2.40. The van der Waals surface area contributed by atoms with Crippen molar-refractivity contribution >= 4 is 0 Å². The number of hydrogen-bond donors (Lipinski definition) is 0. The molecule has 0 aromatic rings. The minimum absolute atomic E-state index is 0.904. The van der Waals surface area contributed by atoms with Gasteiger partial charge in [0, 0.05) is 6.20 Å². The molecule has 0 spiro atoms. The van der Waals surface area contributed by atoms with Crippen LogP contribution in [0, 0.1) is 0 Å². The molecule has 0 aromatic carbocycles. The average Bonchev–Trinajstić information content (AvgIpc) is 2.30. The van der Waals surface area contributed by atoms with Crippen LogP contribution in [0.2, 0.25) is 0 Å². The maximum absolute atomic E-state index is 3.92. The highest BCUT2D eigenvalue weighted by molar-refractivity contribution is 4.93. The molecule has 0 N–H and O–H groups in total. The predicted molar refractivity (Wildman–Crippen MR) is 51.9 cm³/mol. The molecule has 0 aromatic heterocycles. The van der Waals surface area contributed by atoms with Crippen LogP contribution in [0.5, 0.6) is 0 Å². The van der Waals surface area contributed by atoms with E-state index in [2.05, 4.69) is 44.4 Å². The van der Waals surface area contributed by atoms with E-state index in [-0.39, 0.29) is 0 Å². The first-order chi connectivity index (χ1) is 5.56. The second-order valence-electron chi connectivity index (χ2n) is 3.73. The first-order valence-electron chi connectivity index (χ1n) is 4.12. The van der Waals surface area contributed by atoms with Gasteiger partial charge in [-0.2, -0.15) is 0 Å². The van der Waals surface area contributed by atoms with Gasteiger partial charge in [0.05, 0.1) is 13.2 Å². The Hall–Kier alpha value is -1.02. The molecule has 12 heavy (non-hydrogen) atoms. The Morgan fingerprint density at radius 3 is 2.83 bits per heavy atom. The van der Waals surface area contributed by atoms with Crippen molar-refractivity contribution in [3.8, 4) is 0 Å². The molecule has 0 aliphatic carbocycles. The van der Waals surface area contributed by atoms with Gasteiger partial charge < -0.3 is 4.90 Å². The third kappa shape index (κ3) is 1.98. The standard InChI is InChI=1S/C10H17N2/c1-5-11-6-7-12(4,9-11)8-10(2)3/h5-7H,1-2,8-9H2,3-4H3/q+1. The summed E-state index contributed by atoms with van der Waals surface area (Å²) in [6.45, 7) is 11.7. The number of hydrogen-bond acceptors (Lipinski definition) is 1. The lowest BCUT2D eigenvalue weighted by Gasteiger charge is -2.27. The summed E-state index contributed by atoms with van der Waals surface area (Å²) >= 11 is 0. The SMILES string of the molecule is C=CN1C=C[N+](C)(CC(=C)C)C1. The van der Waals surface area contributed by atoms with Crippen molar-refractivity contribution in [3.63, 3.8) is 0 Å². The van der Waals surface area contributed by atoms with Crippen LogP contribution < -0.4 is 0 Å². The van der Waals surface area contributed by atoms with E-state index in [1.807, 2.05) is 6.20 Å². The normalized spacial score (nSPS) is 27.7. The highest BCUT2D eigenvalue weighted by Crippen LogP contribution is 2.16. The third-order valence-electron chi connectivity index (χ3n) is 1.97. The summed E-state index contributed by atoms with van der Waals surface area (Å²) in [5.74, 6) is 0. The third-order valence-corrected chi connectivity index (χ3v) is 1.97. The average molecular weight is 165 g/mol. The van der Waals surface area contributed by atoms with E-state index in [1.165, 1.54) is 5.57 Å². The lowest BCUT2D eigenvalue weighted by atomic mass is 10.3. The fraction of sp³-hybridized carbons (Fsp3) is 0.400. The predicted octanol–water partition coefficient (Wildman–Crippen LogP) is 1.90. The minimum Gasteiger partial charge on any atom is -0.303 e.